The molecule has 0 aromatic heterocycles. The Morgan fingerprint density at radius 1 is 1.21 bits per heavy atom. The maximum absolute atomic E-state index is 13.3. The summed E-state index contributed by atoms with van der Waals surface area (Å²) in [6, 6.07) is 2.98. The molecular weight excluding hydrogens is 233 g/mol. The molecule has 6 heteroatoms. The molecule has 0 aromatic carbocycles. The summed E-state index contributed by atoms with van der Waals surface area (Å²) >= 11 is 10.9. The fourth-order valence-electron chi connectivity index (χ4n) is 1.19. The van der Waals surface area contributed by atoms with Gasteiger partial charge in [-0.15, -0.1) is 11.6 Å². The molecule has 14 heavy (non-hydrogen) atoms. The van der Waals surface area contributed by atoms with Gasteiger partial charge in [0, 0.05) is 0 Å². The number of nitriles is 2. The van der Waals surface area contributed by atoms with Crippen molar-refractivity contribution >= 4 is 23.2 Å². The van der Waals surface area contributed by atoms with Crippen LogP contribution in [0.15, 0.2) is 10.6 Å². The zero-order chi connectivity index (χ0) is 10.9. The summed E-state index contributed by atoms with van der Waals surface area (Å²) in [7, 11) is 0. The molecule has 0 saturated carbocycles. The molecule has 0 radical (unpaired) electrons. The van der Waals surface area contributed by atoms with Crippen LogP contribution in [0.4, 0.5) is 8.78 Å². The van der Waals surface area contributed by atoms with Crippen molar-refractivity contribution < 1.29 is 8.78 Å². The molecule has 74 valence electrons. The lowest BCUT2D eigenvalue weighted by Crippen LogP contribution is -2.38. The van der Waals surface area contributed by atoms with Crippen molar-refractivity contribution in [1.82, 2.24) is 0 Å². The number of nitrogens with zero attached hydrogens (tertiary/aromatic N) is 2. The first-order valence-corrected chi connectivity index (χ1v) is 4.47. The SMILES string of the molecule is N#CC1=C(Cl)C(F)C(C#N)[C@H](Cl)C1F. The van der Waals surface area contributed by atoms with E-state index in [0.717, 1.165) is 0 Å². The van der Waals surface area contributed by atoms with Crippen molar-refractivity contribution in [1.29, 1.82) is 10.5 Å². The van der Waals surface area contributed by atoms with E-state index in [1.807, 2.05) is 0 Å². The smallest absolute Gasteiger partial charge is 0.154 e. The summed E-state index contributed by atoms with van der Waals surface area (Å²) < 4.78 is 26.6. The minimum Gasteiger partial charge on any atom is -0.240 e. The molecule has 0 spiro atoms. The first-order chi connectivity index (χ1) is 6.54. The summed E-state index contributed by atoms with van der Waals surface area (Å²) in [5, 5.41) is 15.1. The Kier molecular flexibility index (Phi) is 3.31. The lowest BCUT2D eigenvalue weighted by molar-refractivity contribution is 0.238. The van der Waals surface area contributed by atoms with Crippen molar-refractivity contribution in [2.45, 2.75) is 17.7 Å². The van der Waals surface area contributed by atoms with E-state index < -0.39 is 34.2 Å². The highest BCUT2D eigenvalue weighted by Gasteiger charge is 2.44. The molecule has 1 aliphatic carbocycles. The van der Waals surface area contributed by atoms with E-state index in [1.165, 1.54) is 12.1 Å². The van der Waals surface area contributed by atoms with Crippen LogP contribution in [-0.2, 0) is 0 Å². The molecule has 0 saturated heterocycles. The molecule has 4 atom stereocenters. The second-order valence-corrected chi connectivity index (χ2v) is 3.69. The molecule has 3 unspecified atom stereocenters. The monoisotopic (exact) mass is 236 g/mol. The molecule has 0 aliphatic heterocycles. The van der Waals surface area contributed by atoms with E-state index in [2.05, 4.69) is 0 Å². The summed E-state index contributed by atoms with van der Waals surface area (Å²) in [6.45, 7) is 0. The average molecular weight is 237 g/mol. The zero-order valence-electron chi connectivity index (χ0n) is 6.72. The third-order valence-electron chi connectivity index (χ3n) is 1.98. The van der Waals surface area contributed by atoms with Crippen molar-refractivity contribution in [3.05, 3.63) is 10.6 Å². The van der Waals surface area contributed by atoms with Crippen LogP contribution in [0.25, 0.3) is 0 Å². The van der Waals surface area contributed by atoms with E-state index in [1.54, 1.807) is 0 Å². The largest absolute Gasteiger partial charge is 0.240 e. The van der Waals surface area contributed by atoms with Gasteiger partial charge in [0.05, 0.1) is 28.1 Å². The Morgan fingerprint density at radius 3 is 2.21 bits per heavy atom. The second-order valence-electron chi connectivity index (χ2n) is 2.78. The Balaban J connectivity index is 3.19. The molecule has 2 nitrogen and oxygen atoms in total. The molecule has 0 N–H and O–H groups in total. The Hall–Kier alpha value is -0.840. The van der Waals surface area contributed by atoms with Gasteiger partial charge in [0.2, 0.25) is 0 Å². The van der Waals surface area contributed by atoms with Crippen molar-refractivity contribution in [2.75, 3.05) is 0 Å². The van der Waals surface area contributed by atoms with Gasteiger partial charge in [0.15, 0.2) is 12.3 Å². The predicted octanol–water partition coefficient (Wildman–Crippen LogP) is 2.44. The Bertz CT molecular complexity index is 355. The maximum atomic E-state index is 13.3. The standard InChI is InChI=1S/C8H4Cl2F2N2/c9-5-3(1-13)7(11)6(10)4(2-14)8(5)12/h3,5,7-8H/t3?,5-,7?,8?/m0/s1. The molecule has 1 aliphatic rings. The fourth-order valence-corrected chi connectivity index (χ4v) is 1.78. The van der Waals surface area contributed by atoms with Crippen molar-refractivity contribution in [3.63, 3.8) is 0 Å². The number of hydrogen-bond donors (Lipinski definition) is 0. The fraction of sp³-hybridized carbons (Fsp3) is 0.500. The predicted molar refractivity (Wildman–Crippen MR) is 47.0 cm³/mol. The van der Waals surface area contributed by atoms with Crippen LogP contribution in [0.1, 0.15) is 0 Å². The van der Waals surface area contributed by atoms with Crippen molar-refractivity contribution in [3.8, 4) is 12.1 Å². The number of rotatable bonds is 0. The maximum Gasteiger partial charge on any atom is 0.154 e. The molecular formula is C8H4Cl2F2N2. The van der Waals surface area contributed by atoms with Gasteiger partial charge in [-0.05, 0) is 0 Å². The minimum absolute atomic E-state index is 0.523. The normalized spacial score (nSPS) is 37.6. The van der Waals surface area contributed by atoms with Crippen molar-refractivity contribution in [2.24, 2.45) is 5.92 Å². The van der Waals surface area contributed by atoms with Gasteiger partial charge < -0.3 is 0 Å². The summed E-state index contributed by atoms with van der Waals surface area (Å²) in [6.07, 6.45) is -3.77. The summed E-state index contributed by atoms with van der Waals surface area (Å²) in [4.78, 5) is 0. The molecule has 1 rings (SSSR count). The third-order valence-corrected chi connectivity index (χ3v) is 2.89. The van der Waals surface area contributed by atoms with Crippen LogP contribution in [-0.4, -0.2) is 17.7 Å². The average Bonchev–Trinajstić information content (AvgIpc) is 2.17. The molecule has 0 heterocycles. The van der Waals surface area contributed by atoms with Gasteiger partial charge in [0.25, 0.3) is 0 Å². The van der Waals surface area contributed by atoms with E-state index >= 15 is 0 Å². The van der Waals surface area contributed by atoms with Crippen LogP contribution < -0.4 is 0 Å². The van der Waals surface area contributed by atoms with Gasteiger partial charge in [-0.25, -0.2) is 8.78 Å². The Labute approximate surface area is 89.3 Å². The topological polar surface area (TPSA) is 47.6 Å². The van der Waals surface area contributed by atoms with Gasteiger partial charge >= 0.3 is 0 Å². The zero-order valence-corrected chi connectivity index (χ0v) is 8.23. The van der Waals surface area contributed by atoms with Gasteiger partial charge in [-0.2, -0.15) is 10.5 Å². The number of allylic oxidation sites excluding steroid dienone is 2. The van der Waals surface area contributed by atoms with Gasteiger partial charge in [0.1, 0.15) is 5.92 Å². The number of alkyl halides is 3. The number of halogens is 4. The highest BCUT2D eigenvalue weighted by atomic mass is 35.5. The highest BCUT2D eigenvalue weighted by Crippen LogP contribution is 2.38. The van der Waals surface area contributed by atoms with Gasteiger partial charge in [-0.3, -0.25) is 0 Å². The van der Waals surface area contributed by atoms with Crippen LogP contribution in [0.3, 0.4) is 0 Å². The summed E-state index contributed by atoms with van der Waals surface area (Å²) in [5.41, 5.74) is -0.523. The third kappa shape index (κ3) is 1.56. The van der Waals surface area contributed by atoms with E-state index in [-0.39, 0.29) is 0 Å². The van der Waals surface area contributed by atoms with Crippen LogP contribution in [0.5, 0.6) is 0 Å². The lowest BCUT2D eigenvalue weighted by atomic mass is 9.87. The van der Waals surface area contributed by atoms with Crippen LogP contribution in [0, 0.1) is 28.6 Å². The quantitative estimate of drug-likeness (QED) is 0.607. The molecule has 0 bridgehead atoms. The molecule has 0 aromatic rings. The van der Waals surface area contributed by atoms with Crippen LogP contribution in [0.2, 0.25) is 0 Å². The van der Waals surface area contributed by atoms with E-state index in [9.17, 15) is 8.78 Å². The van der Waals surface area contributed by atoms with E-state index in [4.69, 9.17) is 33.7 Å². The minimum atomic E-state index is -1.88. The van der Waals surface area contributed by atoms with Gasteiger partial charge in [-0.1, -0.05) is 11.6 Å². The first-order valence-electron chi connectivity index (χ1n) is 3.66. The van der Waals surface area contributed by atoms with E-state index in [0.29, 0.717) is 0 Å². The second kappa shape index (κ2) is 4.13. The lowest BCUT2D eigenvalue weighted by Gasteiger charge is -2.27. The molecule has 0 fully saturated rings. The summed E-state index contributed by atoms with van der Waals surface area (Å²) in [5.74, 6) is -1.35. The van der Waals surface area contributed by atoms with Crippen LogP contribution >= 0.6 is 23.2 Å². The first kappa shape index (κ1) is 11.2. The Morgan fingerprint density at radius 2 is 1.79 bits per heavy atom. The number of hydrogen-bond acceptors (Lipinski definition) is 2. The highest BCUT2D eigenvalue weighted by molar-refractivity contribution is 6.31. The molecule has 0 amide bonds.